The Balaban J connectivity index is 1.97. The van der Waals surface area contributed by atoms with Crippen LogP contribution in [0.1, 0.15) is 0 Å². The number of benzene rings is 5. The van der Waals surface area contributed by atoms with Crippen LogP contribution in [0, 0.1) is 3.57 Å². The average Bonchev–Trinajstić information content (AvgIpc) is 3.26. The van der Waals surface area contributed by atoms with Gasteiger partial charge in [-0.1, -0.05) is 66.7 Å². The molecule has 2 aromatic heterocycles. The van der Waals surface area contributed by atoms with Crippen LogP contribution in [0.25, 0.3) is 59.6 Å². The molecule has 2 heteroatoms. The predicted octanol–water partition coefficient (Wildman–Crippen LogP) is 7.75. The summed E-state index contributed by atoms with van der Waals surface area (Å²) in [6.45, 7) is 0. The maximum Gasteiger partial charge on any atom is 0.0626 e. The minimum absolute atomic E-state index is 1.28. The van der Waals surface area contributed by atoms with E-state index in [1.807, 2.05) is 0 Å². The maximum atomic E-state index is 2.50. The second-order valence-electron chi connectivity index (χ2n) is 7.51. The van der Waals surface area contributed by atoms with Gasteiger partial charge in [0.25, 0.3) is 0 Å². The summed E-state index contributed by atoms with van der Waals surface area (Å²) in [6, 6.07) is 31.2. The van der Waals surface area contributed by atoms with E-state index in [-0.39, 0.29) is 0 Å². The van der Waals surface area contributed by atoms with Gasteiger partial charge in [-0.05, 0) is 56.9 Å². The Morgan fingerprint density at radius 2 is 1.11 bits per heavy atom. The molecule has 0 aliphatic carbocycles. The largest absolute Gasteiger partial charge is 0.307 e. The first-order valence-electron chi connectivity index (χ1n) is 9.50. The lowest BCUT2D eigenvalue weighted by Crippen LogP contribution is -1.85. The van der Waals surface area contributed by atoms with Crippen molar-refractivity contribution in [3.05, 3.63) is 88.5 Å². The summed E-state index contributed by atoms with van der Waals surface area (Å²) in [4.78, 5) is 0. The van der Waals surface area contributed by atoms with Crippen LogP contribution in [0.2, 0.25) is 0 Å². The Bertz CT molecular complexity index is 1720. The molecule has 0 radical (unpaired) electrons. The Morgan fingerprint density at radius 1 is 0.500 bits per heavy atom. The summed E-state index contributed by atoms with van der Waals surface area (Å²) >= 11 is 2.41. The smallest absolute Gasteiger partial charge is 0.0626 e. The predicted molar refractivity (Wildman–Crippen MR) is 129 cm³/mol. The third kappa shape index (κ3) is 1.68. The summed E-state index contributed by atoms with van der Waals surface area (Å²) in [5, 5.41) is 10.7. The van der Waals surface area contributed by atoms with E-state index < -0.39 is 0 Å². The number of hydrogen-bond acceptors (Lipinski definition) is 0. The first kappa shape index (κ1) is 15.1. The van der Waals surface area contributed by atoms with Crippen molar-refractivity contribution in [1.82, 2.24) is 4.40 Å². The second-order valence-corrected chi connectivity index (χ2v) is 8.76. The van der Waals surface area contributed by atoms with E-state index in [1.54, 1.807) is 0 Å². The van der Waals surface area contributed by atoms with Gasteiger partial charge in [-0.25, -0.2) is 0 Å². The quantitative estimate of drug-likeness (QED) is 0.159. The van der Waals surface area contributed by atoms with E-state index in [2.05, 4.69) is 112 Å². The molecule has 7 aromatic rings. The van der Waals surface area contributed by atoms with Crippen molar-refractivity contribution in [2.75, 3.05) is 0 Å². The molecule has 0 aliphatic rings. The molecule has 0 atom stereocenters. The molecule has 0 N–H and O–H groups in total. The van der Waals surface area contributed by atoms with E-state index in [1.165, 1.54) is 63.2 Å². The number of aromatic nitrogens is 1. The molecule has 2 heterocycles. The molecule has 0 fully saturated rings. The van der Waals surface area contributed by atoms with E-state index in [9.17, 15) is 0 Å². The van der Waals surface area contributed by atoms with Gasteiger partial charge in [0.15, 0.2) is 0 Å². The van der Waals surface area contributed by atoms with Gasteiger partial charge in [-0.2, -0.15) is 0 Å². The highest BCUT2D eigenvalue weighted by molar-refractivity contribution is 14.1. The van der Waals surface area contributed by atoms with Crippen molar-refractivity contribution >= 4 is 82.2 Å². The van der Waals surface area contributed by atoms with Crippen molar-refractivity contribution in [3.8, 4) is 0 Å². The van der Waals surface area contributed by atoms with Crippen LogP contribution >= 0.6 is 22.6 Å². The van der Waals surface area contributed by atoms with Crippen molar-refractivity contribution in [2.45, 2.75) is 0 Å². The van der Waals surface area contributed by atoms with E-state index in [0.29, 0.717) is 0 Å². The Hall–Kier alpha value is -2.85. The van der Waals surface area contributed by atoms with Crippen LogP contribution in [0.5, 0.6) is 0 Å². The lowest BCUT2D eigenvalue weighted by atomic mass is 9.96. The van der Waals surface area contributed by atoms with E-state index in [4.69, 9.17) is 0 Å². The molecule has 0 saturated heterocycles. The summed E-state index contributed by atoms with van der Waals surface area (Å²) in [5.41, 5.74) is 3.97. The molecular formula is C26H14IN. The van der Waals surface area contributed by atoms with Gasteiger partial charge in [0.2, 0.25) is 0 Å². The zero-order valence-electron chi connectivity index (χ0n) is 14.9. The van der Waals surface area contributed by atoms with Gasteiger partial charge in [0.1, 0.15) is 0 Å². The van der Waals surface area contributed by atoms with Gasteiger partial charge in [0, 0.05) is 30.5 Å². The third-order valence-electron chi connectivity index (χ3n) is 6.15. The number of hydrogen-bond donors (Lipinski definition) is 0. The van der Waals surface area contributed by atoms with Crippen LogP contribution < -0.4 is 0 Å². The van der Waals surface area contributed by atoms with Crippen LogP contribution in [-0.2, 0) is 0 Å². The number of fused-ring (bicyclic) bond motifs is 11. The monoisotopic (exact) mass is 467 g/mol. The fourth-order valence-electron chi connectivity index (χ4n) is 5.10. The molecule has 0 amide bonds. The van der Waals surface area contributed by atoms with E-state index in [0.717, 1.165) is 0 Å². The Morgan fingerprint density at radius 3 is 1.93 bits per heavy atom. The molecule has 1 nitrogen and oxygen atoms in total. The van der Waals surface area contributed by atoms with Crippen molar-refractivity contribution < 1.29 is 0 Å². The van der Waals surface area contributed by atoms with Gasteiger partial charge >= 0.3 is 0 Å². The highest BCUT2D eigenvalue weighted by Crippen LogP contribution is 2.45. The van der Waals surface area contributed by atoms with Crippen molar-refractivity contribution in [2.24, 2.45) is 0 Å². The highest BCUT2D eigenvalue weighted by atomic mass is 127. The van der Waals surface area contributed by atoms with Gasteiger partial charge in [0.05, 0.1) is 16.6 Å². The highest BCUT2D eigenvalue weighted by Gasteiger charge is 2.21. The SMILES string of the molecule is Ic1ccc2c(c1)c1cccc3c4c5ccccc5c5ccccc5c4n2c13. The zero-order chi connectivity index (χ0) is 18.4. The minimum Gasteiger partial charge on any atom is -0.307 e. The molecule has 7 rings (SSSR count). The maximum absolute atomic E-state index is 2.50. The molecule has 0 saturated carbocycles. The summed E-state index contributed by atoms with van der Waals surface area (Å²) in [6.07, 6.45) is 0. The molecule has 28 heavy (non-hydrogen) atoms. The number of nitrogens with zero attached hydrogens (tertiary/aromatic N) is 1. The lowest BCUT2D eigenvalue weighted by molar-refractivity contribution is 1.38. The van der Waals surface area contributed by atoms with Crippen molar-refractivity contribution in [1.29, 1.82) is 0 Å². The Labute approximate surface area is 174 Å². The molecule has 0 bridgehead atoms. The molecule has 5 aromatic carbocycles. The zero-order valence-corrected chi connectivity index (χ0v) is 17.1. The van der Waals surface area contributed by atoms with Crippen LogP contribution in [0.15, 0.2) is 84.9 Å². The summed E-state index contributed by atoms with van der Waals surface area (Å²) < 4.78 is 3.78. The number of rotatable bonds is 0. The Kier molecular flexibility index (Phi) is 2.78. The molecule has 0 unspecified atom stereocenters. The summed E-state index contributed by atoms with van der Waals surface area (Å²) in [5.74, 6) is 0. The average molecular weight is 467 g/mol. The van der Waals surface area contributed by atoms with Crippen molar-refractivity contribution in [3.63, 3.8) is 0 Å². The normalized spacial score (nSPS) is 12.5. The van der Waals surface area contributed by atoms with Gasteiger partial charge in [-0.15, -0.1) is 0 Å². The number of para-hydroxylation sites is 1. The molecular weight excluding hydrogens is 453 g/mol. The van der Waals surface area contributed by atoms with Crippen LogP contribution in [0.4, 0.5) is 0 Å². The third-order valence-corrected chi connectivity index (χ3v) is 6.82. The second kappa shape index (κ2) is 5.15. The van der Waals surface area contributed by atoms with Gasteiger partial charge < -0.3 is 4.40 Å². The molecule has 0 aliphatic heterocycles. The minimum atomic E-state index is 1.28. The fourth-order valence-corrected chi connectivity index (χ4v) is 5.59. The van der Waals surface area contributed by atoms with Crippen LogP contribution in [0.3, 0.4) is 0 Å². The summed E-state index contributed by atoms with van der Waals surface area (Å²) in [7, 11) is 0. The number of halogens is 1. The molecule has 0 spiro atoms. The lowest BCUT2D eigenvalue weighted by Gasteiger charge is -2.08. The first-order valence-corrected chi connectivity index (χ1v) is 10.6. The van der Waals surface area contributed by atoms with E-state index >= 15 is 0 Å². The fraction of sp³-hybridized carbons (Fsp3) is 0. The topological polar surface area (TPSA) is 4.41 Å². The first-order chi connectivity index (χ1) is 13.8. The molecule has 130 valence electrons. The van der Waals surface area contributed by atoms with Crippen LogP contribution in [-0.4, -0.2) is 4.40 Å². The van der Waals surface area contributed by atoms with Gasteiger partial charge in [-0.3, -0.25) is 0 Å². The standard InChI is InChI=1S/C26H14IN/c27-15-12-13-23-22(14-15)20-10-5-11-21-24-18-8-3-1-6-16(18)17-7-2-4-9-19(17)26(24)28(23)25(20)21/h1-14H.